The van der Waals surface area contributed by atoms with Crippen LogP contribution in [0.5, 0.6) is 5.75 Å². The Bertz CT molecular complexity index is 495. The van der Waals surface area contributed by atoms with Gasteiger partial charge in [0, 0.05) is 18.5 Å². The lowest BCUT2D eigenvalue weighted by atomic mass is 10.4. The van der Waals surface area contributed by atoms with E-state index in [0.717, 1.165) is 15.9 Å². The average Bonchev–Trinajstić information content (AvgIpc) is 2.44. The van der Waals surface area contributed by atoms with Crippen molar-refractivity contribution in [1.82, 2.24) is 9.38 Å². The SMILES string of the molecule is CC(C)Oc1cc2nc(Cl)cn2cc1Br. The number of ether oxygens (including phenoxy) is 1. The van der Waals surface area contributed by atoms with Gasteiger partial charge < -0.3 is 9.14 Å². The Balaban J connectivity index is 2.51. The number of pyridine rings is 1. The summed E-state index contributed by atoms with van der Waals surface area (Å²) in [5.74, 6) is 0.778. The van der Waals surface area contributed by atoms with Crippen molar-refractivity contribution in [2.24, 2.45) is 0 Å². The fraction of sp³-hybridized carbons (Fsp3) is 0.300. The van der Waals surface area contributed by atoms with E-state index in [0.29, 0.717) is 5.15 Å². The first-order valence-electron chi connectivity index (χ1n) is 4.56. The molecular weight excluding hydrogens is 279 g/mol. The predicted molar refractivity (Wildman–Crippen MR) is 63.7 cm³/mol. The average molecular weight is 290 g/mol. The molecule has 0 spiro atoms. The zero-order valence-electron chi connectivity index (χ0n) is 8.37. The summed E-state index contributed by atoms with van der Waals surface area (Å²) in [6.45, 7) is 3.96. The van der Waals surface area contributed by atoms with E-state index >= 15 is 0 Å². The Morgan fingerprint density at radius 1 is 1.47 bits per heavy atom. The van der Waals surface area contributed by atoms with Crippen LogP contribution < -0.4 is 4.74 Å². The fourth-order valence-corrected chi connectivity index (χ4v) is 1.92. The summed E-state index contributed by atoms with van der Waals surface area (Å²) in [5.41, 5.74) is 0.777. The molecule has 0 aliphatic carbocycles. The van der Waals surface area contributed by atoms with Crippen molar-refractivity contribution in [2.75, 3.05) is 0 Å². The van der Waals surface area contributed by atoms with Crippen LogP contribution in [0.4, 0.5) is 0 Å². The molecule has 0 N–H and O–H groups in total. The summed E-state index contributed by atoms with van der Waals surface area (Å²) in [5, 5.41) is 0.476. The quantitative estimate of drug-likeness (QED) is 0.845. The zero-order valence-corrected chi connectivity index (χ0v) is 10.7. The first kappa shape index (κ1) is 10.8. The number of fused-ring (bicyclic) bond motifs is 1. The van der Waals surface area contributed by atoms with Gasteiger partial charge in [0.1, 0.15) is 16.5 Å². The first-order valence-corrected chi connectivity index (χ1v) is 5.74. The molecule has 80 valence electrons. The van der Waals surface area contributed by atoms with Gasteiger partial charge in [-0.2, -0.15) is 0 Å². The number of hydrogen-bond acceptors (Lipinski definition) is 2. The number of halogens is 2. The minimum absolute atomic E-state index is 0.134. The van der Waals surface area contributed by atoms with Gasteiger partial charge in [0.15, 0.2) is 0 Å². The lowest BCUT2D eigenvalue weighted by Crippen LogP contribution is -2.06. The van der Waals surface area contributed by atoms with Crippen LogP contribution in [-0.2, 0) is 0 Å². The third-order valence-corrected chi connectivity index (χ3v) is 2.62. The first-order chi connectivity index (χ1) is 7.06. The summed E-state index contributed by atoms with van der Waals surface area (Å²) in [6, 6.07) is 1.86. The van der Waals surface area contributed by atoms with Crippen LogP contribution in [0.3, 0.4) is 0 Å². The molecule has 3 nitrogen and oxygen atoms in total. The number of hydrogen-bond donors (Lipinski definition) is 0. The highest BCUT2D eigenvalue weighted by Crippen LogP contribution is 2.27. The summed E-state index contributed by atoms with van der Waals surface area (Å²) in [6.07, 6.45) is 3.77. The van der Waals surface area contributed by atoms with Crippen LogP contribution in [0, 0.1) is 0 Å². The zero-order chi connectivity index (χ0) is 11.0. The second kappa shape index (κ2) is 4.02. The van der Waals surface area contributed by atoms with Crippen LogP contribution >= 0.6 is 27.5 Å². The van der Waals surface area contributed by atoms with E-state index in [9.17, 15) is 0 Å². The Labute approximate surface area is 101 Å². The molecule has 0 unspecified atom stereocenters. The highest BCUT2D eigenvalue weighted by molar-refractivity contribution is 9.10. The van der Waals surface area contributed by atoms with Gasteiger partial charge in [0.25, 0.3) is 0 Å². The van der Waals surface area contributed by atoms with Crippen LogP contribution in [0.1, 0.15) is 13.8 Å². The van der Waals surface area contributed by atoms with Crippen molar-refractivity contribution in [2.45, 2.75) is 20.0 Å². The van der Waals surface area contributed by atoms with Crippen molar-refractivity contribution >= 4 is 33.2 Å². The van der Waals surface area contributed by atoms with Crippen molar-refractivity contribution in [1.29, 1.82) is 0 Å². The largest absolute Gasteiger partial charge is 0.490 e. The topological polar surface area (TPSA) is 26.5 Å². The highest BCUT2D eigenvalue weighted by atomic mass is 79.9. The van der Waals surface area contributed by atoms with E-state index < -0.39 is 0 Å². The molecule has 0 saturated heterocycles. The molecule has 2 aromatic heterocycles. The lowest BCUT2D eigenvalue weighted by Gasteiger charge is -2.11. The van der Waals surface area contributed by atoms with Crippen molar-refractivity contribution in [3.05, 3.63) is 28.1 Å². The van der Waals surface area contributed by atoms with Gasteiger partial charge in [-0.1, -0.05) is 11.6 Å². The van der Waals surface area contributed by atoms with Gasteiger partial charge >= 0.3 is 0 Å². The molecule has 2 aromatic rings. The molecule has 0 aromatic carbocycles. The van der Waals surface area contributed by atoms with Gasteiger partial charge in [-0.25, -0.2) is 4.98 Å². The third kappa shape index (κ3) is 2.26. The van der Waals surface area contributed by atoms with Crippen molar-refractivity contribution in [3.63, 3.8) is 0 Å². The predicted octanol–water partition coefficient (Wildman–Crippen LogP) is 3.54. The van der Waals surface area contributed by atoms with E-state index in [-0.39, 0.29) is 6.10 Å². The molecule has 0 bridgehead atoms. The monoisotopic (exact) mass is 288 g/mol. The Kier molecular flexibility index (Phi) is 2.89. The highest BCUT2D eigenvalue weighted by Gasteiger charge is 2.07. The number of rotatable bonds is 2. The Hall–Kier alpha value is -0.740. The molecule has 0 aliphatic heterocycles. The number of imidazole rings is 1. The van der Waals surface area contributed by atoms with Crippen LogP contribution in [0.15, 0.2) is 22.9 Å². The summed E-state index contributed by atoms with van der Waals surface area (Å²) in [7, 11) is 0. The number of nitrogens with zero attached hydrogens (tertiary/aromatic N) is 2. The second-order valence-electron chi connectivity index (χ2n) is 3.48. The summed E-state index contributed by atoms with van der Waals surface area (Å²) >= 11 is 9.24. The molecular formula is C10H10BrClN2O. The van der Waals surface area contributed by atoms with Crippen LogP contribution in [-0.4, -0.2) is 15.5 Å². The molecule has 0 radical (unpaired) electrons. The van der Waals surface area contributed by atoms with E-state index in [1.54, 1.807) is 6.20 Å². The van der Waals surface area contributed by atoms with Crippen molar-refractivity contribution in [3.8, 4) is 5.75 Å². The smallest absolute Gasteiger partial charge is 0.148 e. The molecule has 0 amide bonds. The molecule has 5 heteroatoms. The van der Waals surface area contributed by atoms with E-state index in [1.165, 1.54) is 0 Å². The Morgan fingerprint density at radius 2 is 2.20 bits per heavy atom. The van der Waals surface area contributed by atoms with E-state index in [2.05, 4.69) is 20.9 Å². The molecule has 0 aliphatic rings. The second-order valence-corrected chi connectivity index (χ2v) is 4.72. The standard InChI is InChI=1S/C10H10BrClN2O/c1-6(2)15-8-3-10-13-9(12)5-14(10)4-7(8)11/h3-6H,1-2H3. The third-order valence-electron chi connectivity index (χ3n) is 1.84. The number of aromatic nitrogens is 2. The van der Waals surface area contributed by atoms with Gasteiger partial charge in [-0.15, -0.1) is 0 Å². The van der Waals surface area contributed by atoms with E-state index in [1.807, 2.05) is 30.5 Å². The van der Waals surface area contributed by atoms with Gasteiger partial charge in [-0.05, 0) is 29.8 Å². The normalized spacial score (nSPS) is 11.3. The minimum Gasteiger partial charge on any atom is -0.490 e. The maximum atomic E-state index is 5.81. The molecule has 0 fully saturated rings. The molecule has 15 heavy (non-hydrogen) atoms. The molecule has 0 saturated carbocycles. The molecule has 2 heterocycles. The summed E-state index contributed by atoms with van der Waals surface area (Å²) < 4.78 is 8.35. The van der Waals surface area contributed by atoms with Crippen LogP contribution in [0.25, 0.3) is 5.65 Å². The fourth-order valence-electron chi connectivity index (χ4n) is 1.30. The molecule has 2 rings (SSSR count). The Morgan fingerprint density at radius 3 is 2.87 bits per heavy atom. The molecule has 0 atom stereocenters. The summed E-state index contributed by atoms with van der Waals surface area (Å²) in [4.78, 5) is 4.15. The minimum atomic E-state index is 0.134. The van der Waals surface area contributed by atoms with Gasteiger partial charge in [0.2, 0.25) is 0 Å². The van der Waals surface area contributed by atoms with Crippen LogP contribution in [0.2, 0.25) is 5.15 Å². The lowest BCUT2D eigenvalue weighted by molar-refractivity contribution is 0.241. The van der Waals surface area contributed by atoms with Gasteiger partial charge in [-0.3, -0.25) is 0 Å². The van der Waals surface area contributed by atoms with Gasteiger partial charge in [0.05, 0.1) is 10.6 Å². The maximum Gasteiger partial charge on any atom is 0.148 e. The van der Waals surface area contributed by atoms with Crippen molar-refractivity contribution < 1.29 is 4.74 Å². The van der Waals surface area contributed by atoms with E-state index in [4.69, 9.17) is 16.3 Å². The maximum absolute atomic E-state index is 5.81.